The predicted octanol–water partition coefficient (Wildman–Crippen LogP) is 5.70. The van der Waals surface area contributed by atoms with Crippen molar-refractivity contribution in [2.45, 2.75) is 34.9 Å². The summed E-state index contributed by atoms with van der Waals surface area (Å²) in [5.74, 6) is 0.0660. The van der Waals surface area contributed by atoms with Crippen LogP contribution in [0.4, 0.5) is 10.8 Å². The van der Waals surface area contributed by atoms with Gasteiger partial charge in [-0.15, -0.1) is 10.2 Å². The maximum atomic E-state index is 13.9. The summed E-state index contributed by atoms with van der Waals surface area (Å²) in [5.41, 5.74) is 1.22. The van der Waals surface area contributed by atoms with Crippen molar-refractivity contribution in [3.63, 3.8) is 0 Å². The number of methoxy groups -OCH3 is 1. The van der Waals surface area contributed by atoms with Crippen molar-refractivity contribution >= 4 is 49.8 Å². The van der Waals surface area contributed by atoms with Crippen molar-refractivity contribution in [1.29, 1.82) is 0 Å². The Bertz CT molecular complexity index is 1460. The number of para-hydroxylation sites is 1. The molecule has 1 aromatic heterocycles. The van der Waals surface area contributed by atoms with Crippen molar-refractivity contribution in [2.75, 3.05) is 16.7 Å². The van der Waals surface area contributed by atoms with Gasteiger partial charge in [-0.1, -0.05) is 79.4 Å². The third-order valence-corrected chi connectivity index (χ3v) is 8.90. The van der Waals surface area contributed by atoms with Gasteiger partial charge in [0.05, 0.1) is 29.8 Å². The number of hydrogen-bond acceptors (Lipinski definition) is 8. The van der Waals surface area contributed by atoms with Gasteiger partial charge in [-0.3, -0.25) is 14.4 Å². The number of hydrogen-bond donors (Lipinski definition) is 1. The minimum atomic E-state index is -4.05. The van der Waals surface area contributed by atoms with Gasteiger partial charge < -0.3 is 4.74 Å². The fraction of sp³-hybridized carbons (Fsp3) is 0.192. The van der Waals surface area contributed by atoms with Crippen LogP contribution in [0.5, 0.6) is 5.75 Å². The molecule has 4 aromatic rings. The molecule has 11 heteroatoms. The molecule has 0 radical (unpaired) electrons. The molecular formula is C26H26N4O4S3. The first kappa shape index (κ1) is 26.6. The molecule has 0 saturated heterocycles. The lowest BCUT2D eigenvalue weighted by molar-refractivity contribution is 0.102. The molecule has 37 heavy (non-hydrogen) atoms. The van der Waals surface area contributed by atoms with Crippen LogP contribution < -0.4 is 14.4 Å². The van der Waals surface area contributed by atoms with Crippen molar-refractivity contribution < 1.29 is 17.9 Å². The molecule has 0 aliphatic rings. The third-order valence-electron chi connectivity index (χ3n) is 5.20. The second-order valence-corrected chi connectivity index (χ2v) is 12.8. The topological polar surface area (TPSA) is 101 Å². The van der Waals surface area contributed by atoms with E-state index in [-0.39, 0.29) is 22.7 Å². The van der Waals surface area contributed by atoms with Gasteiger partial charge in [0.2, 0.25) is 5.13 Å². The first-order chi connectivity index (χ1) is 17.8. The SMILES string of the molecule is COc1ccc(S(=O)(=O)N(Cc2ccccc2)c2ccccc2C(=O)Nc2nnc(SC(C)C)s2)cc1. The molecule has 0 unspecified atom stereocenters. The van der Waals surface area contributed by atoms with Crippen molar-refractivity contribution in [3.05, 3.63) is 90.0 Å². The average molecular weight is 555 g/mol. The summed E-state index contributed by atoms with van der Waals surface area (Å²) in [4.78, 5) is 13.4. The van der Waals surface area contributed by atoms with Gasteiger partial charge in [0.25, 0.3) is 15.9 Å². The summed E-state index contributed by atoms with van der Waals surface area (Å²) in [5, 5.41) is 11.6. The first-order valence-corrected chi connectivity index (χ1v) is 14.5. The molecule has 0 atom stereocenters. The van der Waals surface area contributed by atoms with Crippen LogP contribution >= 0.6 is 23.1 Å². The van der Waals surface area contributed by atoms with E-state index in [4.69, 9.17) is 4.74 Å². The Labute approximate surface area is 224 Å². The van der Waals surface area contributed by atoms with Gasteiger partial charge in [-0.2, -0.15) is 0 Å². The lowest BCUT2D eigenvalue weighted by Gasteiger charge is -2.26. The number of rotatable bonds is 10. The van der Waals surface area contributed by atoms with Crippen LogP contribution in [0.15, 0.2) is 88.1 Å². The van der Waals surface area contributed by atoms with E-state index in [0.29, 0.717) is 16.1 Å². The predicted molar refractivity (Wildman–Crippen MR) is 148 cm³/mol. The van der Waals surface area contributed by atoms with Crippen molar-refractivity contribution in [1.82, 2.24) is 10.2 Å². The maximum absolute atomic E-state index is 13.9. The summed E-state index contributed by atoms with van der Waals surface area (Å²) in [6.07, 6.45) is 0. The van der Waals surface area contributed by atoms with Crippen LogP contribution in [0, 0.1) is 0 Å². The van der Waals surface area contributed by atoms with E-state index in [1.54, 1.807) is 48.2 Å². The Kier molecular flexibility index (Phi) is 8.47. The number of benzene rings is 3. The molecule has 0 aliphatic carbocycles. The van der Waals surface area contributed by atoms with Crippen molar-refractivity contribution in [3.8, 4) is 5.75 Å². The second-order valence-electron chi connectivity index (χ2n) is 8.18. The minimum absolute atomic E-state index is 0.0352. The van der Waals surface area contributed by atoms with Crippen molar-refractivity contribution in [2.24, 2.45) is 0 Å². The van der Waals surface area contributed by atoms with E-state index in [1.165, 1.54) is 34.9 Å². The highest BCUT2D eigenvalue weighted by Crippen LogP contribution is 2.32. The van der Waals surface area contributed by atoms with Gasteiger partial charge in [-0.25, -0.2) is 8.42 Å². The van der Waals surface area contributed by atoms with E-state index < -0.39 is 15.9 Å². The molecular weight excluding hydrogens is 529 g/mol. The van der Waals surface area contributed by atoms with E-state index >= 15 is 0 Å². The highest BCUT2D eigenvalue weighted by molar-refractivity contribution is 8.01. The molecule has 8 nitrogen and oxygen atoms in total. The molecule has 0 fully saturated rings. The zero-order valence-electron chi connectivity index (χ0n) is 20.5. The number of nitrogens with one attached hydrogen (secondary N) is 1. The molecule has 4 rings (SSSR count). The van der Waals surface area contributed by atoms with Crippen LogP contribution in [0.25, 0.3) is 0 Å². The molecule has 1 amide bonds. The highest BCUT2D eigenvalue weighted by Gasteiger charge is 2.29. The first-order valence-electron chi connectivity index (χ1n) is 11.4. The zero-order chi connectivity index (χ0) is 26.4. The summed E-state index contributed by atoms with van der Waals surface area (Å²) in [6, 6.07) is 22.0. The van der Waals surface area contributed by atoms with E-state index in [2.05, 4.69) is 15.5 Å². The number of amides is 1. The molecule has 0 spiro atoms. The summed E-state index contributed by atoms with van der Waals surface area (Å²) < 4.78 is 35.0. The monoisotopic (exact) mass is 554 g/mol. The average Bonchev–Trinajstić information content (AvgIpc) is 3.33. The largest absolute Gasteiger partial charge is 0.497 e. The Hall–Kier alpha value is -3.41. The standard InChI is InChI=1S/C26H26N4O4S3/c1-18(2)35-26-29-28-25(36-26)27-24(31)22-11-7-8-12-23(22)30(17-19-9-5-4-6-10-19)37(32,33)21-15-13-20(34-3)14-16-21/h4-16,18H,17H2,1-3H3,(H,27,28,31). The fourth-order valence-electron chi connectivity index (χ4n) is 3.48. The Morgan fingerprint density at radius 1 is 1.00 bits per heavy atom. The number of carbonyl (C=O) groups is 1. The van der Waals surface area contributed by atoms with Crippen LogP contribution in [0.1, 0.15) is 29.8 Å². The fourth-order valence-corrected chi connectivity index (χ4v) is 6.92. The van der Waals surface area contributed by atoms with Crippen LogP contribution in [-0.4, -0.2) is 36.9 Å². The Morgan fingerprint density at radius 3 is 2.35 bits per heavy atom. The van der Waals surface area contributed by atoms with Crippen LogP contribution in [0.3, 0.4) is 0 Å². The number of aromatic nitrogens is 2. The molecule has 192 valence electrons. The molecule has 0 bridgehead atoms. The van der Waals surface area contributed by atoms with Gasteiger partial charge in [0.1, 0.15) is 5.75 Å². The third kappa shape index (κ3) is 6.48. The van der Waals surface area contributed by atoms with Gasteiger partial charge in [-0.05, 0) is 42.0 Å². The number of sulfonamides is 1. The number of ether oxygens (including phenoxy) is 1. The van der Waals surface area contributed by atoms with Crippen LogP contribution in [0.2, 0.25) is 0 Å². The molecule has 0 saturated carbocycles. The van der Waals surface area contributed by atoms with E-state index in [1.807, 2.05) is 44.2 Å². The number of thioether (sulfide) groups is 1. The molecule has 1 heterocycles. The lowest BCUT2D eigenvalue weighted by Crippen LogP contribution is -2.32. The van der Waals surface area contributed by atoms with Gasteiger partial charge in [0, 0.05) is 5.25 Å². The number of carbonyl (C=O) groups excluding carboxylic acids is 1. The smallest absolute Gasteiger partial charge is 0.264 e. The van der Waals surface area contributed by atoms with Crippen LogP contribution in [-0.2, 0) is 16.6 Å². The summed E-state index contributed by atoms with van der Waals surface area (Å²) >= 11 is 2.82. The lowest BCUT2D eigenvalue weighted by atomic mass is 10.1. The van der Waals surface area contributed by atoms with E-state index in [9.17, 15) is 13.2 Å². The summed E-state index contributed by atoms with van der Waals surface area (Å²) in [6.45, 7) is 4.13. The van der Waals surface area contributed by atoms with E-state index in [0.717, 1.165) is 9.90 Å². The highest BCUT2D eigenvalue weighted by atomic mass is 32.2. The normalized spacial score (nSPS) is 11.4. The zero-order valence-corrected chi connectivity index (χ0v) is 22.9. The Morgan fingerprint density at radius 2 is 1.68 bits per heavy atom. The van der Waals surface area contributed by atoms with Gasteiger partial charge >= 0.3 is 0 Å². The number of nitrogens with zero attached hydrogens (tertiary/aromatic N) is 3. The Balaban J connectivity index is 1.72. The molecule has 1 N–H and O–H groups in total. The molecule has 3 aromatic carbocycles. The minimum Gasteiger partial charge on any atom is -0.497 e. The quantitative estimate of drug-likeness (QED) is 0.198. The molecule has 0 aliphatic heterocycles. The maximum Gasteiger partial charge on any atom is 0.264 e. The second kappa shape index (κ2) is 11.8. The number of anilines is 2. The summed E-state index contributed by atoms with van der Waals surface area (Å²) in [7, 11) is -2.53. The van der Waals surface area contributed by atoms with Gasteiger partial charge in [0.15, 0.2) is 4.34 Å².